The zero-order chi connectivity index (χ0) is 18.6. The number of nitrogens with two attached hydrogens (primary N) is 1. The average molecular weight is 359 g/mol. The summed E-state index contributed by atoms with van der Waals surface area (Å²) in [6.45, 7) is 4.25. The van der Waals surface area contributed by atoms with Gasteiger partial charge in [-0.1, -0.05) is 12.1 Å². The number of hydrogen-bond acceptors (Lipinski definition) is 5. The number of carbonyl (C=O) groups is 1. The molecule has 0 aromatic carbocycles. The van der Waals surface area contributed by atoms with Gasteiger partial charge in [0.05, 0.1) is 18.4 Å². The summed E-state index contributed by atoms with van der Waals surface area (Å²) in [4.78, 5) is 12.0. The molecule has 0 aliphatic heterocycles. The molecule has 2 aromatic heterocycles. The number of rotatable bonds is 7. The van der Waals surface area contributed by atoms with Crippen molar-refractivity contribution in [1.29, 1.82) is 0 Å². The number of aromatic nitrogens is 5. The summed E-state index contributed by atoms with van der Waals surface area (Å²) in [6.07, 6.45) is -3.00. The fraction of sp³-hybridized carbons (Fsp3) is 0.571. The second-order valence-corrected chi connectivity index (χ2v) is 5.82. The summed E-state index contributed by atoms with van der Waals surface area (Å²) in [5.41, 5.74) is 5.01. The van der Waals surface area contributed by atoms with Gasteiger partial charge in [-0.25, -0.2) is 0 Å². The van der Waals surface area contributed by atoms with Gasteiger partial charge in [0.15, 0.2) is 5.69 Å². The van der Waals surface area contributed by atoms with Crippen LogP contribution in [0, 0.1) is 12.8 Å². The van der Waals surface area contributed by atoms with Crippen molar-refractivity contribution in [1.82, 2.24) is 30.1 Å². The molecule has 2 aromatic rings. The van der Waals surface area contributed by atoms with E-state index >= 15 is 0 Å². The fourth-order valence-corrected chi connectivity index (χ4v) is 2.27. The lowest BCUT2D eigenvalue weighted by atomic mass is 10.2. The highest BCUT2D eigenvalue weighted by atomic mass is 19.4. The third kappa shape index (κ3) is 5.02. The molecule has 0 bridgehead atoms. The summed E-state index contributed by atoms with van der Waals surface area (Å²) in [7, 11) is 0. The van der Waals surface area contributed by atoms with Crippen LogP contribution in [0.2, 0.25) is 0 Å². The van der Waals surface area contributed by atoms with E-state index in [9.17, 15) is 18.0 Å². The van der Waals surface area contributed by atoms with E-state index in [1.807, 2.05) is 0 Å². The van der Waals surface area contributed by atoms with Crippen molar-refractivity contribution in [3.63, 3.8) is 0 Å². The largest absolute Gasteiger partial charge is 0.433 e. The Morgan fingerprint density at radius 1 is 1.44 bits per heavy atom. The number of amides is 1. The maximum absolute atomic E-state index is 13.0. The van der Waals surface area contributed by atoms with E-state index in [4.69, 9.17) is 5.73 Å². The molecular formula is C14H20F3N7O. The van der Waals surface area contributed by atoms with Crippen LogP contribution in [0.1, 0.15) is 28.8 Å². The van der Waals surface area contributed by atoms with Crippen LogP contribution >= 0.6 is 0 Å². The maximum Gasteiger partial charge on any atom is 0.433 e. The van der Waals surface area contributed by atoms with Crippen LogP contribution in [0.3, 0.4) is 0 Å². The summed E-state index contributed by atoms with van der Waals surface area (Å²) >= 11 is 0. The van der Waals surface area contributed by atoms with Crippen molar-refractivity contribution in [3.8, 4) is 0 Å². The fourth-order valence-electron chi connectivity index (χ4n) is 2.27. The van der Waals surface area contributed by atoms with Crippen molar-refractivity contribution < 1.29 is 18.0 Å². The minimum Gasteiger partial charge on any atom is -0.350 e. The van der Waals surface area contributed by atoms with Gasteiger partial charge in [0, 0.05) is 19.6 Å². The second-order valence-electron chi connectivity index (χ2n) is 5.82. The molecule has 8 nitrogen and oxygen atoms in total. The lowest BCUT2D eigenvalue weighted by Crippen LogP contribution is -2.31. The SMILES string of the molecule is Cc1cc(C(F)(F)F)n(CC(C)CNC(=O)c2cn(CCN)nn2)n1. The topological polar surface area (TPSA) is 104 Å². The average Bonchev–Trinajstić information content (AvgIpc) is 3.11. The van der Waals surface area contributed by atoms with Crippen molar-refractivity contribution in [2.75, 3.05) is 13.1 Å². The maximum atomic E-state index is 13.0. The molecule has 1 atom stereocenters. The summed E-state index contributed by atoms with van der Waals surface area (Å²) in [5, 5.41) is 14.0. The Labute approximate surface area is 142 Å². The quantitative estimate of drug-likeness (QED) is 0.762. The predicted octanol–water partition coefficient (Wildman–Crippen LogP) is 0.827. The Bertz CT molecular complexity index is 722. The first kappa shape index (κ1) is 18.9. The van der Waals surface area contributed by atoms with Crippen LogP contribution in [0.25, 0.3) is 0 Å². The number of aryl methyl sites for hydroxylation is 1. The molecule has 3 N–H and O–H groups in total. The zero-order valence-electron chi connectivity index (χ0n) is 13.9. The molecule has 0 fully saturated rings. The molecule has 138 valence electrons. The van der Waals surface area contributed by atoms with Crippen LogP contribution < -0.4 is 11.1 Å². The number of hydrogen-bond donors (Lipinski definition) is 2. The number of alkyl halides is 3. The molecule has 2 heterocycles. The number of carbonyl (C=O) groups excluding carboxylic acids is 1. The van der Waals surface area contributed by atoms with E-state index in [1.54, 1.807) is 6.92 Å². The van der Waals surface area contributed by atoms with Crippen molar-refractivity contribution in [2.24, 2.45) is 11.7 Å². The van der Waals surface area contributed by atoms with Gasteiger partial charge >= 0.3 is 6.18 Å². The number of halogens is 3. The van der Waals surface area contributed by atoms with Crippen molar-refractivity contribution >= 4 is 5.91 Å². The third-order valence-electron chi connectivity index (χ3n) is 3.42. The molecule has 0 spiro atoms. The monoisotopic (exact) mass is 359 g/mol. The first-order valence-electron chi connectivity index (χ1n) is 7.70. The zero-order valence-corrected chi connectivity index (χ0v) is 13.9. The van der Waals surface area contributed by atoms with Gasteiger partial charge in [0.25, 0.3) is 5.91 Å². The molecule has 1 amide bonds. The molecule has 0 radical (unpaired) electrons. The Kier molecular flexibility index (Phi) is 5.77. The predicted molar refractivity (Wildman–Crippen MR) is 82.5 cm³/mol. The van der Waals surface area contributed by atoms with Crippen LogP contribution in [-0.2, 0) is 19.3 Å². The van der Waals surface area contributed by atoms with Crippen LogP contribution in [0.5, 0.6) is 0 Å². The molecule has 0 saturated carbocycles. The Balaban J connectivity index is 1.92. The highest BCUT2D eigenvalue weighted by Gasteiger charge is 2.35. The Morgan fingerprint density at radius 2 is 2.16 bits per heavy atom. The minimum absolute atomic E-state index is 0.0306. The lowest BCUT2D eigenvalue weighted by Gasteiger charge is -2.15. The number of nitrogens with one attached hydrogen (secondary N) is 1. The minimum atomic E-state index is -4.47. The smallest absolute Gasteiger partial charge is 0.350 e. The first-order chi connectivity index (χ1) is 11.7. The van der Waals surface area contributed by atoms with Crippen LogP contribution in [-0.4, -0.2) is 43.8 Å². The van der Waals surface area contributed by atoms with E-state index in [2.05, 4.69) is 20.7 Å². The molecule has 0 aliphatic carbocycles. The van der Waals surface area contributed by atoms with Gasteiger partial charge in [0.1, 0.15) is 5.69 Å². The Hall–Kier alpha value is -2.43. The van der Waals surface area contributed by atoms with Gasteiger partial charge in [-0.2, -0.15) is 18.3 Å². The van der Waals surface area contributed by atoms with Gasteiger partial charge in [0.2, 0.25) is 0 Å². The lowest BCUT2D eigenvalue weighted by molar-refractivity contribution is -0.144. The second kappa shape index (κ2) is 7.64. The van der Waals surface area contributed by atoms with Gasteiger partial charge in [-0.15, -0.1) is 5.10 Å². The molecule has 11 heteroatoms. The number of nitrogens with zero attached hydrogens (tertiary/aromatic N) is 5. The van der Waals surface area contributed by atoms with Crippen LogP contribution in [0.15, 0.2) is 12.3 Å². The highest BCUT2D eigenvalue weighted by Crippen LogP contribution is 2.30. The van der Waals surface area contributed by atoms with Gasteiger partial charge in [-0.3, -0.25) is 14.2 Å². The summed E-state index contributed by atoms with van der Waals surface area (Å²) < 4.78 is 41.2. The normalized spacial score (nSPS) is 13.0. The van der Waals surface area contributed by atoms with Gasteiger partial charge in [-0.05, 0) is 18.9 Å². The molecule has 0 saturated heterocycles. The summed E-state index contributed by atoms with van der Waals surface area (Å²) in [6, 6.07) is 1.00. The molecular weight excluding hydrogens is 339 g/mol. The standard InChI is InChI=1S/C14H20F3N7O/c1-9(7-24-12(14(15,16)17)5-10(2)21-24)6-19-13(25)11-8-23(4-3-18)22-20-11/h5,8-9H,3-4,6-7,18H2,1-2H3,(H,19,25). The van der Waals surface area contributed by atoms with E-state index in [-0.39, 0.29) is 24.7 Å². The van der Waals surface area contributed by atoms with Crippen molar-refractivity contribution in [2.45, 2.75) is 33.1 Å². The summed E-state index contributed by atoms with van der Waals surface area (Å²) in [5.74, 6) is -0.703. The van der Waals surface area contributed by atoms with E-state index in [0.717, 1.165) is 10.7 Å². The van der Waals surface area contributed by atoms with E-state index < -0.39 is 17.8 Å². The van der Waals surface area contributed by atoms with Crippen molar-refractivity contribution in [3.05, 3.63) is 29.3 Å². The third-order valence-corrected chi connectivity index (χ3v) is 3.42. The molecule has 1 unspecified atom stereocenters. The van der Waals surface area contributed by atoms with Gasteiger partial charge < -0.3 is 11.1 Å². The first-order valence-corrected chi connectivity index (χ1v) is 7.70. The molecule has 0 aliphatic rings. The van der Waals surface area contributed by atoms with Crippen LogP contribution in [0.4, 0.5) is 13.2 Å². The van der Waals surface area contributed by atoms with E-state index in [0.29, 0.717) is 18.8 Å². The highest BCUT2D eigenvalue weighted by molar-refractivity contribution is 5.91. The van der Waals surface area contributed by atoms with E-state index in [1.165, 1.54) is 17.8 Å². The Morgan fingerprint density at radius 3 is 2.80 bits per heavy atom. The molecule has 25 heavy (non-hydrogen) atoms. The molecule has 2 rings (SSSR count).